The van der Waals surface area contributed by atoms with E-state index < -0.39 is 0 Å². The van der Waals surface area contributed by atoms with Crippen LogP contribution in [-0.2, 0) is 0 Å². The number of rotatable bonds is 4. The predicted octanol–water partition coefficient (Wildman–Crippen LogP) is 6.44. The van der Waals surface area contributed by atoms with Crippen molar-refractivity contribution < 1.29 is 20.4 Å². The molecule has 8 nitrogen and oxygen atoms in total. The molecule has 8 atom stereocenters. The lowest BCUT2D eigenvalue weighted by Gasteiger charge is -2.37. The Morgan fingerprint density at radius 3 is 0.673 bits per heavy atom. The molecule has 5 aliphatic heterocycles. The van der Waals surface area contributed by atoms with Gasteiger partial charge in [-0.05, 0) is 122 Å². The topological polar surface area (TPSA) is 129 Å². The number of benzene rings is 4. The molecular formula is C44H52N4O4. The van der Waals surface area contributed by atoms with E-state index in [1.165, 1.54) is 0 Å². The van der Waals surface area contributed by atoms with E-state index in [0.717, 1.165) is 73.6 Å². The van der Waals surface area contributed by atoms with Gasteiger partial charge in [0.2, 0.25) is 0 Å². The van der Waals surface area contributed by atoms with Crippen LogP contribution in [0, 0.1) is 0 Å². The van der Waals surface area contributed by atoms with Crippen LogP contribution in [0.2, 0.25) is 0 Å². The van der Waals surface area contributed by atoms with Gasteiger partial charge in [-0.1, -0.05) is 48.5 Å². The molecular weight excluding hydrogens is 649 g/mol. The Balaban J connectivity index is 1.15. The maximum Gasteiger partial charge on any atom is 0.115 e. The van der Waals surface area contributed by atoms with Crippen molar-refractivity contribution in [2.75, 3.05) is 0 Å². The molecule has 9 rings (SSSR count). The average Bonchev–Trinajstić information content (AvgIpc) is 3.96. The van der Waals surface area contributed by atoms with Crippen molar-refractivity contribution in [3.63, 3.8) is 0 Å². The molecule has 8 heteroatoms. The van der Waals surface area contributed by atoms with E-state index in [4.69, 9.17) is 0 Å². The van der Waals surface area contributed by atoms with E-state index in [2.05, 4.69) is 45.5 Å². The number of hydrogen-bond acceptors (Lipinski definition) is 8. The third-order valence-electron chi connectivity index (χ3n) is 13.4. The summed E-state index contributed by atoms with van der Waals surface area (Å²) in [5.41, 5.74) is 4.64. The summed E-state index contributed by atoms with van der Waals surface area (Å²) < 4.78 is 0. The second-order valence-corrected chi connectivity index (χ2v) is 16.3. The molecule has 5 saturated heterocycles. The van der Waals surface area contributed by atoms with Crippen molar-refractivity contribution in [2.45, 2.75) is 123 Å². The molecule has 0 aromatic heterocycles. The van der Waals surface area contributed by atoms with Crippen molar-refractivity contribution in [1.29, 1.82) is 0 Å². The van der Waals surface area contributed by atoms with Crippen LogP contribution in [0.1, 0.15) is 97.3 Å². The van der Waals surface area contributed by atoms with Crippen molar-refractivity contribution in [3.8, 4) is 23.0 Å². The first-order valence-corrected chi connectivity index (χ1v) is 19.6. The Labute approximate surface area is 306 Å². The lowest BCUT2D eigenvalue weighted by atomic mass is 9.82. The molecule has 0 aliphatic carbocycles. The average molecular weight is 701 g/mol. The fourth-order valence-corrected chi connectivity index (χ4v) is 11.4. The zero-order valence-electron chi connectivity index (χ0n) is 29.6. The summed E-state index contributed by atoms with van der Waals surface area (Å²) in [6, 6.07) is 33.2. The zero-order valence-corrected chi connectivity index (χ0v) is 29.6. The number of phenols is 4. The smallest absolute Gasteiger partial charge is 0.115 e. The van der Waals surface area contributed by atoms with Crippen molar-refractivity contribution >= 4 is 0 Å². The highest BCUT2D eigenvalue weighted by Crippen LogP contribution is 2.46. The molecule has 0 saturated carbocycles. The first kappa shape index (κ1) is 33.7. The number of nitrogens with one attached hydrogen (secondary N) is 4. The second-order valence-electron chi connectivity index (χ2n) is 16.3. The molecule has 8 bridgehead atoms. The van der Waals surface area contributed by atoms with Gasteiger partial charge in [-0.25, -0.2) is 0 Å². The van der Waals surface area contributed by atoms with Crippen LogP contribution < -0.4 is 21.3 Å². The monoisotopic (exact) mass is 700 g/mol. The SMILES string of the molecule is Oc1cccc(C2C3CCC(N3)C(c3cccc(O)c3)C3CCC(N3)C(c3cccc(O)c3)C3CCC(N3)C(c3cccc(O)c3)C3CCC2N3)c1. The number of hydrogen-bond donors (Lipinski definition) is 8. The van der Waals surface area contributed by atoms with Crippen LogP contribution in [-0.4, -0.2) is 68.8 Å². The van der Waals surface area contributed by atoms with Gasteiger partial charge in [0.25, 0.3) is 0 Å². The normalized spacial score (nSPS) is 35.8. The Morgan fingerprint density at radius 1 is 0.308 bits per heavy atom. The maximum absolute atomic E-state index is 10.7. The molecule has 0 spiro atoms. The molecule has 5 fully saturated rings. The van der Waals surface area contributed by atoms with Gasteiger partial charge in [-0.15, -0.1) is 0 Å². The van der Waals surface area contributed by atoms with Gasteiger partial charge >= 0.3 is 0 Å². The number of fused-ring (bicyclic) bond motifs is 8. The molecule has 4 aromatic rings. The largest absolute Gasteiger partial charge is 0.508 e. The van der Waals surface area contributed by atoms with Gasteiger partial charge in [0.15, 0.2) is 0 Å². The molecule has 4 aromatic carbocycles. The summed E-state index contributed by atoms with van der Waals surface area (Å²) in [7, 11) is 0. The van der Waals surface area contributed by atoms with Crippen LogP contribution >= 0.6 is 0 Å². The van der Waals surface area contributed by atoms with Gasteiger partial charge in [0.1, 0.15) is 23.0 Å². The van der Waals surface area contributed by atoms with Crippen LogP contribution in [0.15, 0.2) is 97.1 Å². The van der Waals surface area contributed by atoms with E-state index in [-0.39, 0.29) is 72.0 Å². The fourth-order valence-electron chi connectivity index (χ4n) is 11.4. The van der Waals surface area contributed by atoms with Crippen LogP contribution in [0.4, 0.5) is 0 Å². The predicted molar refractivity (Wildman–Crippen MR) is 203 cm³/mol. The zero-order chi connectivity index (χ0) is 35.3. The highest BCUT2D eigenvalue weighted by atomic mass is 16.3. The van der Waals surface area contributed by atoms with E-state index in [0.29, 0.717) is 23.0 Å². The molecule has 8 N–H and O–H groups in total. The lowest BCUT2D eigenvalue weighted by Crippen LogP contribution is -2.51. The lowest BCUT2D eigenvalue weighted by molar-refractivity contribution is 0.304. The van der Waals surface area contributed by atoms with Crippen molar-refractivity contribution in [1.82, 2.24) is 21.3 Å². The summed E-state index contributed by atoms with van der Waals surface area (Å²) in [5, 5.41) is 59.5. The first-order chi connectivity index (χ1) is 25.4. The Bertz CT molecular complexity index is 1580. The minimum Gasteiger partial charge on any atom is -0.508 e. The Morgan fingerprint density at radius 2 is 0.500 bits per heavy atom. The molecule has 5 aliphatic rings. The van der Waals surface area contributed by atoms with Crippen molar-refractivity contribution in [2.24, 2.45) is 0 Å². The van der Waals surface area contributed by atoms with Gasteiger partial charge in [0.05, 0.1) is 0 Å². The van der Waals surface area contributed by atoms with Gasteiger partial charge in [0, 0.05) is 72.0 Å². The minimum atomic E-state index is 0.161. The first-order valence-electron chi connectivity index (χ1n) is 19.6. The van der Waals surface area contributed by atoms with Crippen molar-refractivity contribution in [3.05, 3.63) is 119 Å². The highest BCUT2D eigenvalue weighted by molar-refractivity contribution is 5.38. The van der Waals surface area contributed by atoms with Crippen LogP contribution in [0.25, 0.3) is 0 Å². The number of phenolic OH excluding ortho intramolecular Hbond substituents is 4. The van der Waals surface area contributed by atoms with E-state index in [1.54, 1.807) is 24.3 Å². The van der Waals surface area contributed by atoms with E-state index in [1.807, 2.05) is 48.5 Å². The second kappa shape index (κ2) is 14.0. The summed E-state index contributed by atoms with van der Waals surface area (Å²) in [6.45, 7) is 0. The molecule has 0 radical (unpaired) electrons. The highest BCUT2D eigenvalue weighted by Gasteiger charge is 2.49. The third-order valence-corrected chi connectivity index (χ3v) is 13.4. The molecule has 5 heterocycles. The standard InChI is InChI=1S/C44H52N4O4/c49-29-9-1-5-25(21-29)41-33-13-15-35(45-33)42(26-6-2-10-30(50)22-26)37-17-19-39(47-37)44(28-8-4-12-32(52)24-28)40-20-18-38(48-40)43(36-16-14-34(41)46-36)27-7-3-11-31(51)23-27/h1-12,21-24,33-52H,13-20H2. The Hall–Kier alpha value is -4.08. The molecule has 0 amide bonds. The maximum atomic E-state index is 10.7. The quantitative estimate of drug-likeness (QED) is 0.122. The van der Waals surface area contributed by atoms with E-state index in [9.17, 15) is 20.4 Å². The van der Waals surface area contributed by atoms with Gasteiger partial charge < -0.3 is 41.7 Å². The molecule has 272 valence electrons. The summed E-state index contributed by atoms with van der Waals surface area (Å²) in [6.07, 6.45) is 8.17. The molecule has 52 heavy (non-hydrogen) atoms. The van der Waals surface area contributed by atoms with Crippen LogP contribution in [0.3, 0.4) is 0 Å². The van der Waals surface area contributed by atoms with Crippen LogP contribution in [0.5, 0.6) is 23.0 Å². The summed E-state index contributed by atoms with van der Waals surface area (Å²) in [4.78, 5) is 0. The number of aromatic hydroxyl groups is 4. The Kier molecular flexibility index (Phi) is 9.11. The fraction of sp³-hybridized carbons (Fsp3) is 0.455. The van der Waals surface area contributed by atoms with Gasteiger partial charge in [-0.3, -0.25) is 0 Å². The summed E-state index contributed by atoms with van der Waals surface area (Å²) in [5.74, 6) is 1.84. The van der Waals surface area contributed by atoms with Gasteiger partial charge in [-0.2, -0.15) is 0 Å². The molecule has 8 unspecified atom stereocenters. The summed E-state index contributed by atoms with van der Waals surface area (Å²) >= 11 is 0. The third kappa shape index (κ3) is 6.44. The van der Waals surface area contributed by atoms with E-state index >= 15 is 0 Å². The minimum absolute atomic E-state index is 0.161.